The summed E-state index contributed by atoms with van der Waals surface area (Å²) < 4.78 is 0. The minimum Gasteiger partial charge on any atom is -0.369 e. The van der Waals surface area contributed by atoms with E-state index in [4.69, 9.17) is 5.73 Å². The highest BCUT2D eigenvalue weighted by Crippen LogP contribution is 2.16. The van der Waals surface area contributed by atoms with Crippen molar-refractivity contribution in [2.24, 2.45) is 11.7 Å². The molecule has 5 heteroatoms. The number of primary amides is 1. The molecule has 0 atom stereocenters. The van der Waals surface area contributed by atoms with Crippen molar-refractivity contribution in [3.05, 3.63) is 0 Å². The van der Waals surface area contributed by atoms with E-state index in [-0.39, 0.29) is 23.5 Å². The number of rotatable bonds is 2. The second-order valence-electron chi connectivity index (χ2n) is 3.22. The molecule has 0 unspecified atom stereocenters. The smallest absolute Gasteiger partial charge is 0.232 e. The predicted molar refractivity (Wildman–Crippen MR) is 52.4 cm³/mol. The van der Waals surface area contributed by atoms with Crippen LogP contribution in [-0.4, -0.2) is 35.6 Å². The molecular formula is C8H14N2O2S. The van der Waals surface area contributed by atoms with Gasteiger partial charge in [-0.25, -0.2) is 0 Å². The van der Waals surface area contributed by atoms with Gasteiger partial charge in [-0.2, -0.15) is 12.6 Å². The number of hydrogen-bond acceptors (Lipinski definition) is 3. The van der Waals surface area contributed by atoms with Crippen LogP contribution in [0.2, 0.25) is 0 Å². The Labute approximate surface area is 82.9 Å². The maximum absolute atomic E-state index is 11.2. The average Bonchev–Trinajstić information content (AvgIpc) is 2.17. The highest BCUT2D eigenvalue weighted by Gasteiger charge is 2.24. The Kier molecular flexibility index (Phi) is 3.59. The standard InChI is InChI=1S/C8H14N2O2S/c9-8(12)6-1-3-10(4-2-6)7(11)5-13/h6,13H,1-5H2,(H2,9,12). The summed E-state index contributed by atoms with van der Waals surface area (Å²) in [5.74, 6) is -0.0329. The zero-order valence-corrected chi connectivity index (χ0v) is 8.30. The highest BCUT2D eigenvalue weighted by atomic mass is 32.1. The van der Waals surface area contributed by atoms with Gasteiger partial charge in [-0.3, -0.25) is 9.59 Å². The van der Waals surface area contributed by atoms with E-state index in [1.54, 1.807) is 4.90 Å². The molecule has 74 valence electrons. The molecular weight excluding hydrogens is 188 g/mol. The van der Waals surface area contributed by atoms with Gasteiger partial charge in [0.2, 0.25) is 11.8 Å². The fourth-order valence-corrected chi connectivity index (χ4v) is 1.71. The lowest BCUT2D eigenvalue weighted by molar-refractivity contribution is -0.132. The van der Waals surface area contributed by atoms with Crippen LogP contribution in [0.1, 0.15) is 12.8 Å². The molecule has 1 heterocycles. The van der Waals surface area contributed by atoms with Gasteiger partial charge in [-0.15, -0.1) is 0 Å². The Hall–Kier alpha value is -0.710. The van der Waals surface area contributed by atoms with Crippen LogP contribution < -0.4 is 5.73 Å². The molecule has 0 saturated carbocycles. The molecule has 0 bridgehead atoms. The van der Waals surface area contributed by atoms with E-state index in [0.29, 0.717) is 25.9 Å². The van der Waals surface area contributed by atoms with Gasteiger partial charge in [-0.05, 0) is 12.8 Å². The number of likely N-dealkylation sites (tertiary alicyclic amines) is 1. The van der Waals surface area contributed by atoms with Crippen molar-refractivity contribution in [1.29, 1.82) is 0 Å². The summed E-state index contributed by atoms with van der Waals surface area (Å²) >= 11 is 3.91. The molecule has 1 saturated heterocycles. The molecule has 0 aromatic heterocycles. The van der Waals surface area contributed by atoms with Crippen molar-refractivity contribution >= 4 is 24.4 Å². The van der Waals surface area contributed by atoms with E-state index in [9.17, 15) is 9.59 Å². The Morgan fingerprint density at radius 3 is 2.31 bits per heavy atom. The number of carbonyl (C=O) groups excluding carboxylic acids is 2. The lowest BCUT2D eigenvalue weighted by Crippen LogP contribution is -2.42. The molecule has 1 aliphatic rings. The minimum absolute atomic E-state index is 0.0336. The first-order valence-electron chi connectivity index (χ1n) is 4.33. The van der Waals surface area contributed by atoms with Crippen molar-refractivity contribution < 1.29 is 9.59 Å². The summed E-state index contributed by atoms with van der Waals surface area (Å²) in [6.45, 7) is 1.26. The molecule has 0 aromatic carbocycles. The number of carbonyl (C=O) groups is 2. The van der Waals surface area contributed by atoms with Gasteiger partial charge in [0.25, 0.3) is 0 Å². The quantitative estimate of drug-likeness (QED) is 0.601. The minimum atomic E-state index is -0.252. The summed E-state index contributed by atoms with van der Waals surface area (Å²) in [5.41, 5.74) is 5.16. The van der Waals surface area contributed by atoms with Crippen molar-refractivity contribution in [2.75, 3.05) is 18.8 Å². The van der Waals surface area contributed by atoms with Gasteiger partial charge < -0.3 is 10.6 Å². The summed E-state index contributed by atoms with van der Waals surface area (Å²) in [6, 6.07) is 0. The van der Waals surface area contributed by atoms with Crippen LogP contribution in [0.5, 0.6) is 0 Å². The van der Waals surface area contributed by atoms with Crippen LogP contribution in [0, 0.1) is 5.92 Å². The average molecular weight is 202 g/mol. The summed E-state index contributed by atoms with van der Waals surface area (Å²) in [6.07, 6.45) is 1.38. The van der Waals surface area contributed by atoms with Crippen molar-refractivity contribution in [3.63, 3.8) is 0 Å². The molecule has 0 spiro atoms. The summed E-state index contributed by atoms with van der Waals surface area (Å²) in [5, 5.41) is 0. The normalized spacial score (nSPS) is 18.7. The molecule has 1 aliphatic heterocycles. The van der Waals surface area contributed by atoms with E-state index in [1.807, 2.05) is 0 Å². The van der Waals surface area contributed by atoms with Crippen molar-refractivity contribution in [1.82, 2.24) is 4.90 Å². The van der Waals surface area contributed by atoms with Crippen LogP contribution in [0.3, 0.4) is 0 Å². The van der Waals surface area contributed by atoms with Crippen LogP contribution >= 0.6 is 12.6 Å². The van der Waals surface area contributed by atoms with Gasteiger partial charge in [0.05, 0.1) is 5.75 Å². The maximum Gasteiger partial charge on any atom is 0.232 e. The van der Waals surface area contributed by atoms with E-state index in [1.165, 1.54) is 0 Å². The lowest BCUT2D eigenvalue weighted by atomic mass is 9.96. The van der Waals surface area contributed by atoms with Crippen LogP contribution in [-0.2, 0) is 9.59 Å². The summed E-state index contributed by atoms with van der Waals surface area (Å²) in [4.78, 5) is 23.7. The molecule has 2 N–H and O–H groups in total. The molecule has 0 aromatic rings. The first kappa shape index (κ1) is 10.4. The SMILES string of the molecule is NC(=O)C1CCN(C(=O)CS)CC1. The topological polar surface area (TPSA) is 63.4 Å². The Balaban J connectivity index is 2.39. The molecule has 0 aliphatic carbocycles. The van der Waals surface area contributed by atoms with Gasteiger partial charge in [0, 0.05) is 19.0 Å². The maximum atomic E-state index is 11.2. The van der Waals surface area contributed by atoms with Crippen molar-refractivity contribution in [2.45, 2.75) is 12.8 Å². The zero-order valence-electron chi connectivity index (χ0n) is 7.40. The molecule has 1 rings (SSSR count). The van der Waals surface area contributed by atoms with Gasteiger partial charge >= 0.3 is 0 Å². The fourth-order valence-electron chi connectivity index (χ4n) is 1.51. The zero-order chi connectivity index (χ0) is 9.84. The molecule has 0 radical (unpaired) electrons. The number of hydrogen-bond donors (Lipinski definition) is 2. The van der Waals surface area contributed by atoms with Crippen molar-refractivity contribution in [3.8, 4) is 0 Å². The third kappa shape index (κ3) is 2.62. The number of amides is 2. The first-order chi connectivity index (χ1) is 6.15. The number of nitrogens with two attached hydrogens (primary N) is 1. The van der Waals surface area contributed by atoms with Gasteiger partial charge in [0.1, 0.15) is 0 Å². The number of nitrogens with zero attached hydrogens (tertiary/aromatic N) is 1. The summed E-state index contributed by atoms with van der Waals surface area (Å²) in [7, 11) is 0. The van der Waals surface area contributed by atoms with Crippen LogP contribution in [0.4, 0.5) is 0 Å². The predicted octanol–water partition coefficient (Wildman–Crippen LogP) is -0.360. The third-order valence-electron chi connectivity index (χ3n) is 2.39. The van der Waals surface area contributed by atoms with E-state index in [0.717, 1.165) is 0 Å². The Morgan fingerprint density at radius 1 is 1.38 bits per heavy atom. The number of piperidine rings is 1. The van der Waals surface area contributed by atoms with Crippen LogP contribution in [0.15, 0.2) is 0 Å². The number of thiol groups is 1. The lowest BCUT2D eigenvalue weighted by Gasteiger charge is -2.30. The molecule has 13 heavy (non-hydrogen) atoms. The largest absolute Gasteiger partial charge is 0.369 e. The van der Waals surface area contributed by atoms with E-state index < -0.39 is 0 Å². The van der Waals surface area contributed by atoms with E-state index in [2.05, 4.69) is 12.6 Å². The molecule has 1 fully saturated rings. The van der Waals surface area contributed by atoms with Gasteiger partial charge in [0.15, 0.2) is 0 Å². The molecule has 2 amide bonds. The fraction of sp³-hybridized carbons (Fsp3) is 0.750. The second-order valence-corrected chi connectivity index (χ2v) is 3.53. The highest BCUT2D eigenvalue weighted by molar-refractivity contribution is 7.81. The second kappa shape index (κ2) is 4.50. The Bertz CT molecular complexity index is 212. The molecule has 4 nitrogen and oxygen atoms in total. The van der Waals surface area contributed by atoms with Crippen LogP contribution in [0.25, 0.3) is 0 Å². The van der Waals surface area contributed by atoms with E-state index >= 15 is 0 Å². The third-order valence-corrected chi connectivity index (χ3v) is 2.66. The Morgan fingerprint density at radius 2 is 1.92 bits per heavy atom. The van der Waals surface area contributed by atoms with Gasteiger partial charge in [-0.1, -0.05) is 0 Å². The first-order valence-corrected chi connectivity index (χ1v) is 4.96. The monoisotopic (exact) mass is 202 g/mol.